The number of carbonyl (C=O) groups is 1. The summed E-state index contributed by atoms with van der Waals surface area (Å²) >= 11 is 0. The van der Waals surface area contributed by atoms with E-state index in [1.807, 2.05) is 72.8 Å². The Kier molecular flexibility index (Phi) is 3.74. The minimum atomic E-state index is 0.0554. The molecule has 0 saturated carbocycles. The van der Waals surface area contributed by atoms with Crippen LogP contribution in [0.1, 0.15) is 17.3 Å². The number of para-hydroxylation sites is 1. The van der Waals surface area contributed by atoms with Crippen LogP contribution in [0.4, 0.5) is 11.6 Å². The molecule has 0 atom stereocenters. The Balaban J connectivity index is 1.73. The number of pyridine rings is 1. The fourth-order valence-electron chi connectivity index (χ4n) is 2.70. The van der Waals surface area contributed by atoms with Crippen molar-refractivity contribution in [3.8, 4) is 11.3 Å². The van der Waals surface area contributed by atoms with Crippen molar-refractivity contribution in [2.45, 2.75) is 6.92 Å². The van der Waals surface area contributed by atoms with Gasteiger partial charge in [0.15, 0.2) is 11.4 Å². The fraction of sp³-hybridized carbons (Fsp3) is 0.0500. The van der Waals surface area contributed by atoms with E-state index in [2.05, 4.69) is 15.4 Å². The van der Waals surface area contributed by atoms with E-state index in [0.29, 0.717) is 11.5 Å². The van der Waals surface area contributed by atoms with Crippen LogP contribution in [0.5, 0.6) is 0 Å². The second-order valence-corrected chi connectivity index (χ2v) is 5.74. The first-order valence-corrected chi connectivity index (χ1v) is 8.00. The Hall–Kier alpha value is -3.47. The van der Waals surface area contributed by atoms with Gasteiger partial charge >= 0.3 is 0 Å². The first-order chi connectivity index (χ1) is 12.2. The highest BCUT2D eigenvalue weighted by Gasteiger charge is 2.09. The van der Waals surface area contributed by atoms with Crippen LogP contribution in [0.25, 0.3) is 16.9 Å². The van der Waals surface area contributed by atoms with E-state index < -0.39 is 0 Å². The quantitative estimate of drug-likeness (QED) is 0.566. The molecule has 0 aliphatic heterocycles. The molecule has 0 spiro atoms. The third-order valence-electron chi connectivity index (χ3n) is 3.98. The number of carbonyl (C=O) groups excluding carboxylic acids is 1. The molecule has 1 N–H and O–H groups in total. The molecule has 2 aromatic heterocycles. The van der Waals surface area contributed by atoms with Gasteiger partial charge in [0, 0.05) is 16.8 Å². The molecule has 0 bridgehead atoms. The van der Waals surface area contributed by atoms with Gasteiger partial charge in [0.25, 0.3) is 0 Å². The van der Waals surface area contributed by atoms with E-state index in [4.69, 9.17) is 0 Å². The van der Waals surface area contributed by atoms with Crippen molar-refractivity contribution in [3.05, 3.63) is 78.4 Å². The van der Waals surface area contributed by atoms with E-state index >= 15 is 0 Å². The highest BCUT2D eigenvalue weighted by molar-refractivity contribution is 5.94. The largest absolute Gasteiger partial charge is 0.323 e. The van der Waals surface area contributed by atoms with Crippen molar-refractivity contribution in [3.63, 3.8) is 0 Å². The van der Waals surface area contributed by atoms with Crippen molar-refractivity contribution in [2.24, 2.45) is 0 Å². The van der Waals surface area contributed by atoms with Crippen LogP contribution in [-0.4, -0.2) is 20.4 Å². The van der Waals surface area contributed by atoms with Crippen LogP contribution in [0.2, 0.25) is 0 Å². The van der Waals surface area contributed by atoms with Crippen molar-refractivity contribution in [1.82, 2.24) is 14.6 Å². The Labute approximate surface area is 145 Å². The smallest absolute Gasteiger partial charge is 0.247 e. The molecule has 122 valence electrons. The molecule has 2 heterocycles. The lowest BCUT2D eigenvalue weighted by molar-refractivity contribution is 0.101. The van der Waals surface area contributed by atoms with Gasteiger partial charge in [-0.25, -0.2) is 4.52 Å². The number of rotatable bonds is 4. The zero-order chi connectivity index (χ0) is 17.2. The molecule has 5 heteroatoms. The zero-order valence-electron chi connectivity index (χ0n) is 13.7. The van der Waals surface area contributed by atoms with Gasteiger partial charge in [-0.2, -0.15) is 4.98 Å². The summed E-state index contributed by atoms with van der Waals surface area (Å²) in [6.07, 6.45) is 0. The maximum absolute atomic E-state index is 11.4. The van der Waals surface area contributed by atoms with Gasteiger partial charge < -0.3 is 5.32 Å². The maximum Gasteiger partial charge on any atom is 0.247 e. The van der Waals surface area contributed by atoms with Crippen molar-refractivity contribution in [2.75, 3.05) is 5.32 Å². The summed E-state index contributed by atoms with van der Waals surface area (Å²) < 4.78 is 1.80. The summed E-state index contributed by atoms with van der Waals surface area (Å²) in [5, 5.41) is 7.78. The zero-order valence-corrected chi connectivity index (χ0v) is 13.7. The van der Waals surface area contributed by atoms with Gasteiger partial charge in [0.05, 0.1) is 5.69 Å². The van der Waals surface area contributed by atoms with Gasteiger partial charge in [-0.3, -0.25) is 4.79 Å². The Bertz CT molecular complexity index is 1040. The van der Waals surface area contributed by atoms with Crippen LogP contribution in [0.15, 0.2) is 72.8 Å². The summed E-state index contributed by atoms with van der Waals surface area (Å²) in [5.74, 6) is 0.596. The van der Waals surface area contributed by atoms with Crippen LogP contribution >= 0.6 is 0 Å². The van der Waals surface area contributed by atoms with Gasteiger partial charge in [-0.05, 0) is 31.2 Å². The number of nitrogens with one attached hydrogen (secondary N) is 1. The normalized spacial score (nSPS) is 10.8. The predicted octanol–water partition coefficient (Wildman–Crippen LogP) is 4.34. The molecular formula is C20H16N4O. The number of hydrogen-bond acceptors (Lipinski definition) is 4. The average Bonchev–Trinajstić information content (AvgIpc) is 3.05. The number of anilines is 2. The Morgan fingerprint density at radius 3 is 2.40 bits per heavy atom. The van der Waals surface area contributed by atoms with Gasteiger partial charge in [-0.1, -0.05) is 48.5 Å². The molecule has 0 unspecified atom stereocenters. The van der Waals surface area contributed by atoms with Crippen LogP contribution < -0.4 is 5.32 Å². The summed E-state index contributed by atoms with van der Waals surface area (Å²) in [6, 6.07) is 23.2. The third-order valence-corrected chi connectivity index (χ3v) is 3.98. The summed E-state index contributed by atoms with van der Waals surface area (Å²) in [4.78, 5) is 16.0. The molecule has 0 saturated heterocycles. The highest BCUT2D eigenvalue weighted by Crippen LogP contribution is 2.22. The number of benzene rings is 2. The van der Waals surface area contributed by atoms with Crippen LogP contribution in [0.3, 0.4) is 0 Å². The molecule has 4 rings (SSSR count). The molecule has 4 aromatic rings. The van der Waals surface area contributed by atoms with E-state index in [-0.39, 0.29) is 5.78 Å². The second kappa shape index (κ2) is 6.20. The summed E-state index contributed by atoms with van der Waals surface area (Å²) in [6.45, 7) is 1.56. The van der Waals surface area contributed by atoms with Gasteiger partial charge in [-0.15, -0.1) is 5.10 Å². The Morgan fingerprint density at radius 1 is 0.920 bits per heavy atom. The first-order valence-electron chi connectivity index (χ1n) is 8.00. The number of Topliss-reactive ketones (excluding diaryl/α,β-unsaturated/α-hetero) is 1. The Morgan fingerprint density at radius 2 is 1.68 bits per heavy atom. The molecule has 0 fully saturated rings. The average molecular weight is 328 g/mol. The molecule has 25 heavy (non-hydrogen) atoms. The monoisotopic (exact) mass is 328 g/mol. The fourth-order valence-corrected chi connectivity index (χ4v) is 2.70. The lowest BCUT2D eigenvalue weighted by atomic mass is 10.1. The summed E-state index contributed by atoms with van der Waals surface area (Å²) in [7, 11) is 0. The lowest BCUT2D eigenvalue weighted by Gasteiger charge is -2.05. The first kappa shape index (κ1) is 15.1. The lowest BCUT2D eigenvalue weighted by Crippen LogP contribution is -1.96. The van der Waals surface area contributed by atoms with Crippen molar-refractivity contribution < 1.29 is 4.79 Å². The molecule has 0 aliphatic rings. The second-order valence-electron chi connectivity index (χ2n) is 5.74. The van der Waals surface area contributed by atoms with E-state index in [1.54, 1.807) is 11.4 Å². The molecule has 5 nitrogen and oxygen atoms in total. The van der Waals surface area contributed by atoms with E-state index in [1.165, 1.54) is 0 Å². The number of hydrogen-bond donors (Lipinski definition) is 1. The number of aromatic nitrogens is 3. The van der Waals surface area contributed by atoms with E-state index in [9.17, 15) is 4.79 Å². The van der Waals surface area contributed by atoms with Gasteiger partial charge in [0.2, 0.25) is 5.95 Å². The molecule has 0 amide bonds. The number of fused-ring (bicyclic) bond motifs is 1. The predicted molar refractivity (Wildman–Crippen MR) is 98.2 cm³/mol. The third kappa shape index (κ3) is 2.99. The highest BCUT2D eigenvalue weighted by atomic mass is 16.1. The van der Waals surface area contributed by atoms with Gasteiger partial charge in [0.1, 0.15) is 0 Å². The minimum absolute atomic E-state index is 0.0554. The maximum atomic E-state index is 11.4. The molecule has 0 aliphatic carbocycles. The topological polar surface area (TPSA) is 59.3 Å². The number of ketones is 1. The number of nitrogens with zero attached hydrogens (tertiary/aromatic N) is 3. The van der Waals surface area contributed by atoms with Crippen LogP contribution in [-0.2, 0) is 0 Å². The van der Waals surface area contributed by atoms with Crippen molar-refractivity contribution in [1.29, 1.82) is 0 Å². The molecule has 0 radical (unpaired) electrons. The van der Waals surface area contributed by atoms with Crippen molar-refractivity contribution >= 4 is 23.1 Å². The minimum Gasteiger partial charge on any atom is -0.323 e. The standard InChI is InChI=1S/C20H16N4O/c1-14(25)15-10-12-16(13-11-15)18-8-5-9-19-22-20(23-24(18)19)21-17-6-3-2-4-7-17/h2-13H,1H3,(H,21,23). The molecular weight excluding hydrogens is 312 g/mol. The van der Waals surface area contributed by atoms with Crippen LogP contribution in [0, 0.1) is 0 Å². The molecule has 2 aromatic carbocycles. The SMILES string of the molecule is CC(=O)c1ccc(-c2cccc3nc(Nc4ccccc4)nn23)cc1. The van der Waals surface area contributed by atoms with E-state index in [0.717, 1.165) is 22.6 Å². The summed E-state index contributed by atoms with van der Waals surface area (Å²) in [5.41, 5.74) is 4.28.